The molecule has 0 aromatic carbocycles. The molecule has 0 radical (unpaired) electrons. The Bertz CT molecular complexity index is 171. The summed E-state index contributed by atoms with van der Waals surface area (Å²) >= 11 is 2.12. The summed E-state index contributed by atoms with van der Waals surface area (Å²) in [6.07, 6.45) is 5.43. The fourth-order valence-electron chi connectivity index (χ4n) is 2.69. The number of rotatable bonds is 3. The van der Waals surface area contributed by atoms with E-state index in [0.29, 0.717) is 12.6 Å². The first-order valence-electron chi connectivity index (χ1n) is 5.80. The molecule has 3 unspecified atom stereocenters. The Balaban J connectivity index is 1.69. The SMILES string of the molecule is OCC1CC(CC2CCCSC2)CN1. The molecule has 3 atom stereocenters. The standard InChI is InChI=1S/C11H21NOS/c13-7-11-5-10(6-12-11)4-9-2-1-3-14-8-9/h9-13H,1-8H2. The Morgan fingerprint density at radius 3 is 2.93 bits per heavy atom. The van der Waals surface area contributed by atoms with Crippen molar-refractivity contribution < 1.29 is 5.11 Å². The first-order chi connectivity index (χ1) is 6.88. The average molecular weight is 215 g/mol. The Hall–Kier alpha value is 0.270. The molecule has 0 saturated carbocycles. The lowest BCUT2D eigenvalue weighted by atomic mass is 9.90. The molecule has 14 heavy (non-hydrogen) atoms. The van der Waals surface area contributed by atoms with E-state index in [1.165, 1.54) is 37.2 Å². The quantitative estimate of drug-likeness (QED) is 0.748. The van der Waals surface area contributed by atoms with Crippen LogP contribution in [-0.2, 0) is 0 Å². The van der Waals surface area contributed by atoms with Crippen molar-refractivity contribution in [3.8, 4) is 0 Å². The number of hydrogen-bond acceptors (Lipinski definition) is 3. The Morgan fingerprint density at radius 1 is 1.36 bits per heavy atom. The molecular weight excluding hydrogens is 194 g/mol. The fraction of sp³-hybridized carbons (Fsp3) is 1.00. The number of nitrogens with one attached hydrogen (secondary N) is 1. The Kier molecular flexibility index (Phi) is 4.14. The zero-order chi connectivity index (χ0) is 9.80. The average Bonchev–Trinajstić information content (AvgIpc) is 2.67. The van der Waals surface area contributed by atoms with Crippen LogP contribution >= 0.6 is 11.8 Å². The molecule has 0 bridgehead atoms. The van der Waals surface area contributed by atoms with Crippen molar-refractivity contribution >= 4 is 11.8 Å². The van der Waals surface area contributed by atoms with Crippen molar-refractivity contribution in [2.24, 2.45) is 11.8 Å². The maximum Gasteiger partial charge on any atom is 0.0584 e. The van der Waals surface area contributed by atoms with E-state index in [4.69, 9.17) is 5.11 Å². The first kappa shape index (κ1) is 10.8. The summed E-state index contributed by atoms with van der Waals surface area (Å²) in [7, 11) is 0. The summed E-state index contributed by atoms with van der Waals surface area (Å²) < 4.78 is 0. The van der Waals surface area contributed by atoms with Crippen molar-refractivity contribution in [1.29, 1.82) is 0 Å². The first-order valence-corrected chi connectivity index (χ1v) is 6.96. The van der Waals surface area contributed by atoms with Crippen molar-refractivity contribution in [1.82, 2.24) is 5.32 Å². The number of thioether (sulfide) groups is 1. The van der Waals surface area contributed by atoms with Gasteiger partial charge in [-0.3, -0.25) is 0 Å². The molecule has 2 saturated heterocycles. The second-order valence-electron chi connectivity index (χ2n) is 4.71. The van der Waals surface area contributed by atoms with Crippen LogP contribution in [0.25, 0.3) is 0 Å². The van der Waals surface area contributed by atoms with Gasteiger partial charge >= 0.3 is 0 Å². The molecule has 2 N–H and O–H groups in total. The van der Waals surface area contributed by atoms with E-state index >= 15 is 0 Å². The van der Waals surface area contributed by atoms with Crippen molar-refractivity contribution in [2.75, 3.05) is 24.7 Å². The zero-order valence-electron chi connectivity index (χ0n) is 8.74. The summed E-state index contributed by atoms with van der Waals surface area (Å²) in [5.41, 5.74) is 0. The van der Waals surface area contributed by atoms with Gasteiger partial charge in [-0.05, 0) is 55.6 Å². The van der Waals surface area contributed by atoms with E-state index in [0.717, 1.165) is 18.4 Å². The largest absolute Gasteiger partial charge is 0.395 e. The summed E-state index contributed by atoms with van der Waals surface area (Å²) in [6.45, 7) is 1.45. The minimum atomic E-state index is 0.315. The summed E-state index contributed by atoms with van der Waals surface area (Å²) in [6, 6.07) is 0.385. The lowest BCUT2D eigenvalue weighted by Gasteiger charge is -2.23. The third-order valence-corrected chi connectivity index (χ3v) is 4.74. The van der Waals surface area contributed by atoms with Crippen LogP contribution in [-0.4, -0.2) is 35.8 Å². The van der Waals surface area contributed by atoms with E-state index in [-0.39, 0.29) is 0 Å². The summed E-state index contributed by atoms with van der Waals surface area (Å²) in [4.78, 5) is 0. The molecular formula is C11H21NOS. The molecule has 2 nitrogen and oxygen atoms in total. The lowest BCUT2D eigenvalue weighted by Crippen LogP contribution is -2.24. The molecule has 0 spiro atoms. The predicted octanol–water partition coefficient (Wildman–Crippen LogP) is 1.49. The van der Waals surface area contributed by atoms with E-state index in [1.807, 2.05) is 0 Å². The van der Waals surface area contributed by atoms with Crippen LogP contribution < -0.4 is 5.32 Å². The van der Waals surface area contributed by atoms with Crippen LogP contribution in [0.15, 0.2) is 0 Å². The highest BCUT2D eigenvalue weighted by atomic mass is 32.2. The number of aliphatic hydroxyl groups excluding tert-OH is 1. The second-order valence-corrected chi connectivity index (χ2v) is 5.86. The monoisotopic (exact) mass is 215 g/mol. The number of aliphatic hydroxyl groups is 1. The van der Waals surface area contributed by atoms with Gasteiger partial charge in [0.2, 0.25) is 0 Å². The van der Waals surface area contributed by atoms with Crippen LogP contribution in [0, 0.1) is 11.8 Å². The molecule has 2 aliphatic rings. The van der Waals surface area contributed by atoms with Gasteiger partial charge in [-0.15, -0.1) is 0 Å². The highest BCUT2D eigenvalue weighted by Gasteiger charge is 2.26. The van der Waals surface area contributed by atoms with Crippen LogP contribution in [0.5, 0.6) is 0 Å². The van der Waals surface area contributed by atoms with Gasteiger partial charge in [0.25, 0.3) is 0 Å². The minimum Gasteiger partial charge on any atom is -0.395 e. The van der Waals surface area contributed by atoms with Crippen molar-refractivity contribution in [3.63, 3.8) is 0 Å². The van der Waals surface area contributed by atoms with Gasteiger partial charge in [0, 0.05) is 6.04 Å². The molecule has 0 aromatic heterocycles. The molecule has 2 aliphatic heterocycles. The third kappa shape index (κ3) is 2.88. The van der Waals surface area contributed by atoms with Crippen LogP contribution in [0.2, 0.25) is 0 Å². The molecule has 2 heterocycles. The highest BCUT2D eigenvalue weighted by molar-refractivity contribution is 7.99. The van der Waals surface area contributed by atoms with Crippen molar-refractivity contribution in [2.45, 2.75) is 31.7 Å². The van der Waals surface area contributed by atoms with Gasteiger partial charge in [-0.1, -0.05) is 0 Å². The third-order valence-electron chi connectivity index (χ3n) is 3.45. The van der Waals surface area contributed by atoms with Gasteiger partial charge < -0.3 is 10.4 Å². The van der Waals surface area contributed by atoms with Gasteiger partial charge in [-0.2, -0.15) is 11.8 Å². The van der Waals surface area contributed by atoms with Gasteiger partial charge in [0.05, 0.1) is 6.61 Å². The van der Waals surface area contributed by atoms with Gasteiger partial charge in [0.15, 0.2) is 0 Å². The summed E-state index contributed by atoms with van der Waals surface area (Å²) in [5.74, 6) is 4.53. The second kappa shape index (κ2) is 5.38. The van der Waals surface area contributed by atoms with Crippen molar-refractivity contribution in [3.05, 3.63) is 0 Å². The Morgan fingerprint density at radius 2 is 2.29 bits per heavy atom. The summed E-state index contributed by atoms with van der Waals surface area (Å²) in [5, 5.41) is 12.4. The molecule has 3 heteroatoms. The molecule has 0 amide bonds. The molecule has 2 fully saturated rings. The minimum absolute atomic E-state index is 0.315. The zero-order valence-corrected chi connectivity index (χ0v) is 9.56. The Labute approximate surface area is 90.8 Å². The van der Waals surface area contributed by atoms with Crippen LogP contribution in [0.3, 0.4) is 0 Å². The van der Waals surface area contributed by atoms with E-state index in [1.54, 1.807) is 0 Å². The number of hydrogen-bond donors (Lipinski definition) is 2. The molecule has 0 aromatic rings. The van der Waals surface area contributed by atoms with E-state index < -0.39 is 0 Å². The highest BCUT2D eigenvalue weighted by Crippen LogP contribution is 2.30. The normalized spacial score (nSPS) is 38.8. The van der Waals surface area contributed by atoms with Crippen LogP contribution in [0.4, 0.5) is 0 Å². The van der Waals surface area contributed by atoms with Crippen LogP contribution in [0.1, 0.15) is 25.7 Å². The van der Waals surface area contributed by atoms with Gasteiger partial charge in [0.1, 0.15) is 0 Å². The van der Waals surface area contributed by atoms with Gasteiger partial charge in [-0.25, -0.2) is 0 Å². The van der Waals surface area contributed by atoms with E-state index in [9.17, 15) is 0 Å². The maximum absolute atomic E-state index is 9.02. The molecule has 82 valence electrons. The topological polar surface area (TPSA) is 32.3 Å². The van der Waals surface area contributed by atoms with E-state index in [2.05, 4.69) is 17.1 Å². The molecule has 0 aliphatic carbocycles. The predicted molar refractivity (Wildman–Crippen MR) is 61.6 cm³/mol. The fourth-order valence-corrected chi connectivity index (χ4v) is 3.86. The smallest absolute Gasteiger partial charge is 0.0584 e. The molecule has 2 rings (SSSR count). The maximum atomic E-state index is 9.02. The lowest BCUT2D eigenvalue weighted by molar-refractivity contribution is 0.251.